The quantitative estimate of drug-likeness (QED) is 0.837. The summed E-state index contributed by atoms with van der Waals surface area (Å²) >= 11 is 0. The Balaban J connectivity index is 1.87. The summed E-state index contributed by atoms with van der Waals surface area (Å²) in [6.45, 7) is 0. The Morgan fingerprint density at radius 2 is 1.58 bits per heavy atom. The van der Waals surface area contributed by atoms with Crippen LogP contribution < -0.4 is 5.32 Å². The van der Waals surface area contributed by atoms with Crippen molar-refractivity contribution in [3.8, 4) is 11.1 Å². The van der Waals surface area contributed by atoms with Crippen molar-refractivity contribution < 1.29 is 18.0 Å². The summed E-state index contributed by atoms with van der Waals surface area (Å²) in [4.78, 5) is 12.5. The number of amides is 1. The minimum Gasteiger partial charge on any atom is -0.349 e. The van der Waals surface area contributed by atoms with Gasteiger partial charge < -0.3 is 5.32 Å². The molecule has 2 nitrogen and oxygen atoms in total. The van der Waals surface area contributed by atoms with E-state index in [-0.39, 0.29) is 11.9 Å². The van der Waals surface area contributed by atoms with Gasteiger partial charge in [0.1, 0.15) is 0 Å². The first-order valence-electron chi connectivity index (χ1n) is 8.02. The van der Waals surface area contributed by atoms with Crippen molar-refractivity contribution in [1.82, 2.24) is 5.32 Å². The van der Waals surface area contributed by atoms with E-state index in [0.717, 1.165) is 37.8 Å². The maximum atomic E-state index is 12.7. The lowest BCUT2D eigenvalue weighted by molar-refractivity contribution is -0.137. The Hall–Kier alpha value is -2.30. The number of carbonyl (C=O) groups is 1. The minimum absolute atomic E-state index is 0.169. The summed E-state index contributed by atoms with van der Waals surface area (Å²) in [6, 6.07) is 12.1. The molecular formula is C19H18F3NO. The number of halogens is 3. The van der Waals surface area contributed by atoms with Crippen molar-refractivity contribution in [3.63, 3.8) is 0 Å². The summed E-state index contributed by atoms with van der Waals surface area (Å²) in [5.41, 5.74) is 1.03. The van der Waals surface area contributed by atoms with Crippen molar-refractivity contribution >= 4 is 5.91 Å². The molecule has 3 rings (SSSR count). The highest BCUT2D eigenvalue weighted by atomic mass is 19.4. The van der Waals surface area contributed by atoms with Gasteiger partial charge in [-0.25, -0.2) is 0 Å². The first-order valence-corrected chi connectivity index (χ1v) is 8.02. The van der Waals surface area contributed by atoms with Gasteiger partial charge in [-0.2, -0.15) is 13.2 Å². The molecule has 0 saturated heterocycles. The second-order valence-corrected chi connectivity index (χ2v) is 6.08. The fourth-order valence-electron chi connectivity index (χ4n) is 3.10. The highest BCUT2D eigenvalue weighted by Gasteiger charge is 2.30. The van der Waals surface area contributed by atoms with E-state index < -0.39 is 11.7 Å². The number of alkyl halides is 3. The molecule has 2 aromatic rings. The van der Waals surface area contributed by atoms with E-state index in [2.05, 4.69) is 5.32 Å². The third-order valence-electron chi connectivity index (χ3n) is 4.39. The lowest BCUT2D eigenvalue weighted by Crippen LogP contribution is -2.32. The Bertz CT molecular complexity index is 716. The molecule has 0 aliphatic heterocycles. The lowest BCUT2D eigenvalue weighted by atomic mass is 9.98. The normalized spacial score (nSPS) is 15.5. The molecule has 0 heterocycles. The maximum Gasteiger partial charge on any atom is 0.416 e. The highest BCUT2D eigenvalue weighted by Crippen LogP contribution is 2.32. The van der Waals surface area contributed by atoms with Gasteiger partial charge in [0.15, 0.2) is 0 Å². The summed E-state index contributed by atoms with van der Waals surface area (Å²) < 4.78 is 38.1. The second kappa shape index (κ2) is 6.67. The molecule has 1 aliphatic carbocycles. The lowest BCUT2D eigenvalue weighted by Gasteiger charge is -2.15. The van der Waals surface area contributed by atoms with Crippen LogP contribution >= 0.6 is 0 Å². The Morgan fingerprint density at radius 3 is 2.21 bits per heavy atom. The zero-order valence-electron chi connectivity index (χ0n) is 13.1. The van der Waals surface area contributed by atoms with Crippen LogP contribution in [0, 0.1) is 0 Å². The van der Waals surface area contributed by atoms with Gasteiger partial charge >= 0.3 is 6.18 Å². The van der Waals surface area contributed by atoms with Gasteiger partial charge in [0.2, 0.25) is 0 Å². The minimum atomic E-state index is -4.36. The number of hydrogen-bond donors (Lipinski definition) is 1. The van der Waals surface area contributed by atoms with Crippen molar-refractivity contribution in [3.05, 3.63) is 59.7 Å². The Morgan fingerprint density at radius 1 is 0.958 bits per heavy atom. The smallest absolute Gasteiger partial charge is 0.349 e. The van der Waals surface area contributed by atoms with Gasteiger partial charge in [0.25, 0.3) is 5.91 Å². The first kappa shape index (κ1) is 16.6. The molecule has 1 fully saturated rings. The van der Waals surface area contributed by atoms with Crippen LogP contribution in [-0.2, 0) is 6.18 Å². The molecule has 0 radical (unpaired) electrons. The van der Waals surface area contributed by atoms with Gasteiger partial charge in [-0.3, -0.25) is 4.79 Å². The van der Waals surface area contributed by atoms with E-state index in [0.29, 0.717) is 16.7 Å². The van der Waals surface area contributed by atoms with E-state index in [9.17, 15) is 18.0 Å². The van der Waals surface area contributed by atoms with Gasteiger partial charge in [0, 0.05) is 11.6 Å². The van der Waals surface area contributed by atoms with Crippen LogP contribution in [0.5, 0.6) is 0 Å². The molecule has 0 bridgehead atoms. The monoisotopic (exact) mass is 333 g/mol. The molecule has 1 amide bonds. The van der Waals surface area contributed by atoms with Gasteiger partial charge in [-0.15, -0.1) is 0 Å². The maximum absolute atomic E-state index is 12.7. The fourth-order valence-corrected chi connectivity index (χ4v) is 3.10. The molecule has 5 heteroatoms. The van der Waals surface area contributed by atoms with Crippen LogP contribution in [0.15, 0.2) is 48.5 Å². The van der Waals surface area contributed by atoms with Crippen LogP contribution in [0.2, 0.25) is 0 Å². The second-order valence-electron chi connectivity index (χ2n) is 6.08. The van der Waals surface area contributed by atoms with Gasteiger partial charge in [0.05, 0.1) is 5.56 Å². The summed E-state index contributed by atoms with van der Waals surface area (Å²) in [6.07, 6.45) is -0.169. The largest absolute Gasteiger partial charge is 0.416 e. The molecule has 2 aromatic carbocycles. The number of nitrogens with one attached hydrogen (secondary N) is 1. The highest BCUT2D eigenvalue weighted by molar-refractivity contribution is 6.01. The van der Waals surface area contributed by atoms with Crippen LogP contribution in [0.3, 0.4) is 0 Å². The predicted octanol–water partition coefficient (Wildman–Crippen LogP) is 5.04. The molecule has 0 spiro atoms. The average Bonchev–Trinajstić information content (AvgIpc) is 3.07. The van der Waals surface area contributed by atoms with Crippen LogP contribution in [0.4, 0.5) is 13.2 Å². The summed E-state index contributed by atoms with van der Waals surface area (Å²) in [5, 5.41) is 3.02. The van der Waals surface area contributed by atoms with E-state index in [1.165, 1.54) is 12.1 Å². The third-order valence-corrected chi connectivity index (χ3v) is 4.39. The van der Waals surface area contributed by atoms with E-state index in [1.807, 2.05) is 0 Å². The fraction of sp³-hybridized carbons (Fsp3) is 0.316. The summed E-state index contributed by atoms with van der Waals surface area (Å²) in [7, 11) is 0. The zero-order valence-corrected chi connectivity index (χ0v) is 13.1. The number of benzene rings is 2. The van der Waals surface area contributed by atoms with Gasteiger partial charge in [-0.05, 0) is 42.2 Å². The van der Waals surface area contributed by atoms with Crippen molar-refractivity contribution in [2.24, 2.45) is 0 Å². The molecule has 126 valence electrons. The molecule has 1 saturated carbocycles. The van der Waals surface area contributed by atoms with Crippen molar-refractivity contribution in [2.75, 3.05) is 0 Å². The standard InChI is InChI=1S/C19H18F3NO/c20-19(21,22)14-11-9-13(10-12-14)16-7-3-4-8-17(16)18(24)23-15-5-1-2-6-15/h3-4,7-12,15H,1-2,5-6H2,(H,23,24). The van der Waals surface area contributed by atoms with E-state index in [1.54, 1.807) is 24.3 Å². The van der Waals surface area contributed by atoms with Gasteiger partial charge in [-0.1, -0.05) is 43.2 Å². The van der Waals surface area contributed by atoms with E-state index >= 15 is 0 Å². The first-order chi connectivity index (χ1) is 11.4. The van der Waals surface area contributed by atoms with Crippen molar-refractivity contribution in [1.29, 1.82) is 0 Å². The molecule has 1 N–H and O–H groups in total. The Labute approximate surface area is 138 Å². The predicted molar refractivity (Wildman–Crippen MR) is 86.6 cm³/mol. The molecule has 0 atom stereocenters. The van der Waals surface area contributed by atoms with E-state index in [4.69, 9.17) is 0 Å². The third kappa shape index (κ3) is 3.61. The number of hydrogen-bond acceptors (Lipinski definition) is 1. The molecule has 1 aliphatic rings. The van der Waals surface area contributed by atoms with Crippen LogP contribution in [-0.4, -0.2) is 11.9 Å². The SMILES string of the molecule is O=C(NC1CCCC1)c1ccccc1-c1ccc(C(F)(F)F)cc1. The molecule has 0 unspecified atom stereocenters. The summed E-state index contributed by atoms with van der Waals surface area (Å²) in [5.74, 6) is -0.169. The average molecular weight is 333 g/mol. The zero-order chi connectivity index (χ0) is 17.2. The van der Waals surface area contributed by atoms with Crippen LogP contribution in [0.1, 0.15) is 41.6 Å². The molecule has 24 heavy (non-hydrogen) atoms. The molecular weight excluding hydrogens is 315 g/mol. The number of carbonyl (C=O) groups excluding carboxylic acids is 1. The number of rotatable bonds is 3. The van der Waals surface area contributed by atoms with Crippen molar-refractivity contribution in [2.45, 2.75) is 37.9 Å². The Kier molecular flexibility index (Phi) is 4.60. The topological polar surface area (TPSA) is 29.1 Å². The molecule has 0 aromatic heterocycles. The van der Waals surface area contributed by atoms with Crippen LogP contribution in [0.25, 0.3) is 11.1 Å².